The Morgan fingerprint density at radius 1 is 0.821 bits per heavy atom. The molecule has 0 N–H and O–H groups in total. The van der Waals surface area contributed by atoms with Crippen molar-refractivity contribution < 1.29 is 17.6 Å². The molecule has 2 aromatic rings. The second-order valence-electron chi connectivity index (χ2n) is 8.14. The van der Waals surface area contributed by atoms with E-state index in [4.69, 9.17) is 0 Å². The molecular weight excluding hydrogens is 364 g/mol. The molecule has 2 aliphatic carbocycles. The minimum absolute atomic E-state index is 0.0179. The van der Waals surface area contributed by atoms with Gasteiger partial charge in [-0.2, -0.15) is 0 Å². The fourth-order valence-electron chi connectivity index (χ4n) is 4.73. The lowest BCUT2D eigenvalue weighted by Crippen LogP contribution is -2.19. The number of halogens is 4. The first kappa shape index (κ1) is 19.2. The largest absolute Gasteiger partial charge is 0.206 e. The summed E-state index contributed by atoms with van der Waals surface area (Å²) >= 11 is 0. The van der Waals surface area contributed by atoms with Crippen molar-refractivity contribution in [2.24, 2.45) is 11.8 Å². The van der Waals surface area contributed by atoms with Crippen LogP contribution < -0.4 is 0 Å². The molecule has 0 nitrogen and oxygen atoms in total. The molecule has 0 spiro atoms. The second-order valence-corrected chi connectivity index (χ2v) is 8.14. The average molecular weight is 388 g/mol. The minimum atomic E-state index is -1.53. The Morgan fingerprint density at radius 2 is 1.50 bits per heavy atom. The van der Waals surface area contributed by atoms with Gasteiger partial charge in [-0.1, -0.05) is 25.0 Å². The van der Waals surface area contributed by atoms with Crippen LogP contribution in [0.15, 0.2) is 35.9 Å². The Balaban J connectivity index is 1.58. The standard InChI is InChI=1S/C24H24F4/c1-2-14-3-5-15(6-4-14)16-7-8-17-10-20(21(25)11-18(17)9-16)19-12-22(26)24(28)23(27)13-19/h7,10-15H,2-6,8-9H2,1H3. The summed E-state index contributed by atoms with van der Waals surface area (Å²) in [5.74, 6) is -3.26. The maximum atomic E-state index is 14.7. The maximum Gasteiger partial charge on any atom is 0.194 e. The molecule has 0 heterocycles. The van der Waals surface area contributed by atoms with Crippen LogP contribution in [0.25, 0.3) is 11.1 Å². The highest BCUT2D eigenvalue weighted by atomic mass is 19.2. The van der Waals surface area contributed by atoms with Crippen molar-refractivity contribution in [2.75, 3.05) is 0 Å². The van der Waals surface area contributed by atoms with Crippen LogP contribution in [-0.4, -0.2) is 0 Å². The van der Waals surface area contributed by atoms with E-state index in [0.717, 1.165) is 35.6 Å². The lowest BCUT2D eigenvalue weighted by molar-refractivity contribution is 0.292. The molecule has 4 heteroatoms. The Bertz CT molecular complexity index is 897. The van der Waals surface area contributed by atoms with E-state index in [-0.39, 0.29) is 11.1 Å². The summed E-state index contributed by atoms with van der Waals surface area (Å²) in [4.78, 5) is 0. The van der Waals surface area contributed by atoms with Crippen molar-refractivity contribution >= 4 is 0 Å². The average Bonchev–Trinajstić information content (AvgIpc) is 2.70. The molecule has 0 atom stereocenters. The molecule has 0 saturated heterocycles. The maximum absolute atomic E-state index is 14.7. The van der Waals surface area contributed by atoms with Crippen LogP contribution in [0.1, 0.15) is 50.2 Å². The van der Waals surface area contributed by atoms with Crippen molar-refractivity contribution in [3.8, 4) is 11.1 Å². The highest BCUT2D eigenvalue weighted by molar-refractivity contribution is 5.66. The zero-order valence-electron chi connectivity index (χ0n) is 16.0. The molecule has 0 unspecified atom stereocenters. The molecule has 1 saturated carbocycles. The summed E-state index contributed by atoms with van der Waals surface area (Å²) in [6.07, 6.45) is 9.85. The van der Waals surface area contributed by atoms with Gasteiger partial charge in [-0.3, -0.25) is 0 Å². The highest BCUT2D eigenvalue weighted by Crippen LogP contribution is 2.39. The van der Waals surface area contributed by atoms with E-state index < -0.39 is 23.3 Å². The van der Waals surface area contributed by atoms with Gasteiger partial charge in [0.05, 0.1) is 0 Å². The Kier molecular flexibility index (Phi) is 5.31. The lowest BCUT2D eigenvalue weighted by atomic mass is 9.74. The monoisotopic (exact) mass is 388 g/mol. The predicted octanol–water partition coefficient (Wildman–Crippen LogP) is 7.15. The molecule has 2 aliphatic rings. The number of allylic oxidation sites excluding steroid dienone is 2. The molecule has 2 aromatic carbocycles. The summed E-state index contributed by atoms with van der Waals surface area (Å²) < 4.78 is 55.1. The van der Waals surface area contributed by atoms with E-state index in [1.165, 1.54) is 43.7 Å². The molecule has 0 aromatic heterocycles. The molecule has 0 aliphatic heterocycles. The summed E-state index contributed by atoms with van der Waals surface area (Å²) in [5.41, 5.74) is 3.43. The van der Waals surface area contributed by atoms with Gasteiger partial charge in [-0.15, -0.1) is 0 Å². The van der Waals surface area contributed by atoms with Gasteiger partial charge in [0, 0.05) is 5.56 Å². The summed E-state index contributed by atoms with van der Waals surface area (Å²) in [5, 5.41) is 0. The van der Waals surface area contributed by atoms with Gasteiger partial charge >= 0.3 is 0 Å². The summed E-state index contributed by atoms with van der Waals surface area (Å²) in [6.45, 7) is 2.25. The van der Waals surface area contributed by atoms with Crippen LogP contribution in [0, 0.1) is 35.1 Å². The van der Waals surface area contributed by atoms with E-state index in [1.807, 2.05) is 0 Å². The van der Waals surface area contributed by atoms with Gasteiger partial charge in [0.2, 0.25) is 0 Å². The number of hydrogen-bond donors (Lipinski definition) is 0. The zero-order chi connectivity index (χ0) is 19.8. The van der Waals surface area contributed by atoms with Crippen LogP contribution in [0.5, 0.6) is 0 Å². The smallest absolute Gasteiger partial charge is 0.194 e. The van der Waals surface area contributed by atoms with Gasteiger partial charge < -0.3 is 0 Å². The topological polar surface area (TPSA) is 0 Å². The molecule has 148 valence electrons. The molecular formula is C24H24F4. The van der Waals surface area contributed by atoms with Crippen molar-refractivity contribution in [1.82, 2.24) is 0 Å². The Labute approximate surface area is 163 Å². The Hall–Kier alpha value is -2.10. The van der Waals surface area contributed by atoms with Crippen molar-refractivity contribution in [2.45, 2.75) is 51.9 Å². The first-order valence-corrected chi connectivity index (χ1v) is 10.1. The number of rotatable bonds is 3. The van der Waals surface area contributed by atoms with Crippen LogP contribution in [0.4, 0.5) is 17.6 Å². The van der Waals surface area contributed by atoms with E-state index in [2.05, 4.69) is 13.0 Å². The van der Waals surface area contributed by atoms with Gasteiger partial charge in [0.1, 0.15) is 5.82 Å². The fourth-order valence-corrected chi connectivity index (χ4v) is 4.73. The van der Waals surface area contributed by atoms with Crippen LogP contribution in [0.2, 0.25) is 0 Å². The number of benzene rings is 2. The zero-order valence-corrected chi connectivity index (χ0v) is 16.0. The second kappa shape index (κ2) is 7.73. The lowest BCUT2D eigenvalue weighted by Gasteiger charge is -2.31. The first-order chi connectivity index (χ1) is 13.5. The third-order valence-electron chi connectivity index (χ3n) is 6.51. The van der Waals surface area contributed by atoms with Crippen molar-refractivity contribution in [1.29, 1.82) is 0 Å². The van der Waals surface area contributed by atoms with Crippen molar-refractivity contribution in [3.63, 3.8) is 0 Å². The number of hydrogen-bond acceptors (Lipinski definition) is 0. The summed E-state index contributed by atoms with van der Waals surface area (Å²) in [6, 6.07) is 4.82. The predicted molar refractivity (Wildman–Crippen MR) is 103 cm³/mol. The van der Waals surface area contributed by atoms with Gasteiger partial charge in [-0.05, 0) is 91.3 Å². The van der Waals surface area contributed by atoms with E-state index in [9.17, 15) is 17.6 Å². The molecule has 4 rings (SSSR count). The van der Waals surface area contributed by atoms with Crippen molar-refractivity contribution in [3.05, 3.63) is 70.3 Å². The number of fused-ring (bicyclic) bond motifs is 1. The Morgan fingerprint density at radius 3 is 2.14 bits per heavy atom. The summed E-state index contributed by atoms with van der Waals surface area (Å²) in [7, 11) is 0. The first-order valence-electron chi connectivity index (χ1n) is 10.1. The van der Waals surface area contributed by atoms with Gasteiger partial charge in [0.25, 0.3) is 0 Å². The van der Waals surface area contributed by atoms with Crippen LogP contribution in [0.3, 0.4) is 0 Å². The SMILES string of the molecule is CCC1CCC(C2=CCc3cc(-c4cc(F)c(F)c(F)c4)c(F)cc3C2)CC1. The van der Waals surface area contributed by atoms with Crippen LogP contribution >= 0.6 is 0 Å². The fraction of sp³-hybridized carbons (Fsp3) is 0.417. The third-order valence-corrected chi connectivity index (χ3v) is 6.51. The molecule has 0 amide bonds. The minimum Gasteiger partial charge on any atom is -0.206 e. The normalized spacial score (nSPS) is 22.0. The molecule has 0 bridgehead atoms. The third kappa shape index (κ3) is 3.61. The molecule has 0 radical (unpaired) electrons. The molecule has 1 fully saturated rings. The molecule has 28 heavy (non-hydrogen) atoms. The highest BCUT2D eigenvalue weighted by Gasteiger charge is 2.25. The van der Waals surface area contributed by atoms with Gasteiger partial charge in [0.15, 0.2) is 17.5 Å². The van der Waals surface area contributed by atoms with E-state index in [1.54, 1.807) is 6.07 Å². The van der Waals surface area contributed by atoms with E-state index in [0.29, 0.717) is 12.3 Å². The van der Waals surface area contributed by atoms with Crippen LogP contribution in [-0.2, 0) is 12.8 Å². The quantitative estimate of drug-likeness (QED) is 0.297. The van der Waals surface area contributed by atoms with E-state index >= 15 is 0 Å². The van der Waals surface area contributed by atoms with Gasteiger partial charge in [-0.25, -0.2) is 17.6 Å².